The first-order chi connectivity index (χ1) is 9.58. The van der Waals surface area contributed by atoms with Crippen LogP contribution in [0.5, 0.6) is 0 Å². The minimum absolute atomic E-state index is 0.565. The van der Waals surface area contributed by atoms with Crippen molar-refractivity contribution in [1.82, 2.24) is 0 Å². The van der Waals surface area contributed by atoms with Crippen LogP contribution in [0.3, 0.4) is 0 Å². The summed E-state index contributed by atoms with van der Waals surface area (Å²) in [6, 6.07) is 11.1. The van der Waals surface area contributed by atoms with E-state index in [-0.39, 0.29) is 0 Å². The summed E-state index contributed by atoms with van der Waals surface area (Å²) in [5.74, 6) is 0. The molecule has 0 spiro atoms. The van der Waals surface area contributed by atoms with Crippen molar-refractivity contribution >= 4 is 34.6 Å². The molecule has 2 aromatic rings. The highest BCUT2D eigenvalue weighted by Gasteiger charge is 2.12. The lowest BCUT2D eigenvalue weighted by atomic mass is 9.98. The second-order valence-electron chi connectivity index (χ2n) is 4.20. The van der Waals surface area contributed by atoms with Gasteiger partial charge in [0.25, 0.3) is 0 Å². The van der Waals surface area contributed by atoms with E-state index in [1.807, 2.05) is 24.3 Å². The number of nitrogens with two attached hydrogens (primary N) is 1. The summed E-state index contributed by atoms with van der Waals surface area (Å²) in [7, 11) is 1.71. The lowest BCUT2D eigenvalue weighted by Crippen LogP contribution is -2.03. The van der Waals surface area contributed by atoms with Crippen molar-refractivity contribution in [2.75, 3.05) is 12.8 Å². The van der Waals surface area contributed by atoms with Crippen LogP contribution in [0, 0.1) is 0 Å². The van der Waals surface area contributed by atoms with E-state index < -0.39 is 0 Å². The average Bonchev–Trinajstić information content (AvgIpc) is 2.43. The predicted molar refractivity (Wildman–Crippen MR) is 89.0 cm³/mol. The van der Waals surface area contributed by atoms with Gasteiger partial charge in [0.05, 0.1) is 5.71 Å². The van der Waals surface area contributed by atoms with Gasteiger partial charge in [0.15, 0.2) is 0 Å². The zero-order chi connectivity index (χ0) is 14.7. The molecule has 0 radical (unpaired) electrons. The second-order valence-corrected chi connectivity index (χ2v) is 5.05. The van der Waals surface area contributed by atoms with Crippen LogP contribution in [-0.2, 0) is 0 Å². The number of rotatable bonds is 3. The molecule has 0 aliphatic heterocycles. The predicted octanol–water partition coefficient (Wildman–Crippen LogP) is 4.85. The molecular weight excluding hydrogens is 291 g/mol. The SMILES string of the molecule is C=CC(=NC)c1cccc(-c2ccc(Cl)cc2Cl)c1N. The van der Waals surface area contributed by atoms with Crippen molar-refractivity contribution in [2.24, 2.45) is 4.99 Å². The van der Waals surface area contributed by atoms with Crippen molar-refractivity contribution in [3.63, 3.8) is 0 Å². The molecular formula is C16H14Cl2N2. The quantitative estimate of drug-likeness (QED) is 0.639. The number of allylic oxidation sites excluding steroid dienone is 1. The zero-order valence-electron chi connectivity index (χ0n) is 11.0. The van der Waals surface area contributed by atoms with Crippen molar-refractivity contribution in [3.05, 3.63) is 64.7 Å². The molecule has 0 amide bonds. The first-order valence-corrected chi connectivity index (χ1v) is 6.77. The van der Waals surface area contributed by atoms with Gasteiger partial charge in [-0.3, -0.25) is 4.99 Å². The highest BCUT2D eigenvalue weighted by atomic mass is 35.5. The van der Waals surface area contributed by atoms with Crippen molar-refractivity contribution < 1.29 is 0 Å². The first-order valence-electron chi connectivity index (χ1n) is 6.02. The van der Waals surface area contributed by atoms with Gasteiger partial charge in [-0.1, -0.05) is 54.0 Å². The largest absolute Gasteiger partial charge is 0.398 e. The van der Waals surface area contributed by atoms with E-state index in [4.69, 9.17) is 28.9 Å². The van der Waals surface area contributed by atoms with E-state index >= 15 is 0 Å². The number of hydrogen-bond acceptors (Lipinski definition) is 2. The highest BCUT2D eigenvalue weighted by molar-refractivity contribution is 6.36. The molecule has 0 heterocycles. The summed E-state index contributed by atoms with van der Waals surface area (Å²) in [6.45, 7) is 3.75. The van der Waals surface area contributed by atoms with Crippen LogP contribution < -0.4 is 5.73 Å². The fourth-order valence-electron chi connectivity index (χ4n) is 2.05. The number of para-hydroxylation sites is 1. The van der Waals surface area contributed by atoms with Gasteiger partial charge in [0, 0.05) is 39.5 Å². The second kappa shape index (κ2) is 6.12. The van der Waals surface area contributed by atoms with E-state index in [0.29, 0.717) is 15.7 Å². The minimum atomic E-state index is 0.565. The Bertz CT molecular complexity index is 691. The maximum atomic E-state index is 6.25. The molecule has 102 valence electrons. The molecule has 2 rings (SSSR count). The minimum Gasteiger partial charge on any atom is -0.398 e. The van der Waals surface area contributed by atoms with Gasteiger partial charge in [-0.15, -0.1) is 0 Å². The van der Waals surface area contributed by atoms with Crippen LogP contribution >= 0.6 is 23.2 Å². The fraction of sp³-hybridized carbons (Fsp3) is 0.0625. The monoisotopic (exact) mass is 304 g/mol. The first kappa shape index (κ1) is 14.6. The molecule has 2 aromatic carbocycles. The number of halogens is 2. The van der Waals surface area contributed by atoms with Crippen LogP contribution in [0.1, 0.15) is 5.56 Å². The van der Waals surface area contributed by atoms with Gasteiger partial charge in [0.2, 0.25) is 0 Å². The Morgan fingerprint density at radius 3 is 2.55 bits per heavy atom. The summed E-state index contributed by atoms with van der Waals surface area (Å²) in [6.07, 6.45) is 1.68. The van der Waals surface area contributed by atoms with Gasteiger partial charge in [-0.2, -0.15) is 0 Å². The number of anilines is 1. The Morgan fingerprint density at radius 1 is 1.20 bits per heavy atom. The summed E-state index contributed by atoms with van der Waals surface area (Å²) in [5.41, 5.74) is 10.2. The molecule has 0 aliphatic rings. The molecule has 0 aromatic heterocycles. The zero-order valence-corrected chi connectivity index (χ0v) is 12.5. The molecule has 2 N–H and O–H groups in total. The van der Waals surface area contributed by atoms with Crippen molar-refractivity contribution in [2.45, 2.75) is 0 Å². The Kier molecular flexibility index (Phi) is 4.48. The lowest BCUT2D eigenvalue weighted by molar-refractivity contribution is 1.43. The van der Waals surface area contributed by atoms with Crippen LogP contribution in [0.2, 0.25) is 10.0 Å². The number of hydrogen-bond donors (Lipinski definition) is 1. The van der Waals surface area contributed by atoms with Gasteiger partial charge in [-0.05, 0) is 18.2 Å². The molecule has 0 aliphatic carbocycles. The molecule has 0 saturated carbocycles. The van der Waals surface area contributed by atoms with Gasteiger partial charge in [0.1, 0.15) is 0 Å². The van der Waals surface area contributed by atoms with Crippen LogP contribution in [0.25, 0.3) is 11.1 Å². The Hall–Kier alpha value is -1.77. The smallest absolute Gasteiger partial charge is 0.0658 e. The fourth-order valence-corrected chi connectivity index (χ4v) is 2.56. The third-order valence-electron chi connectivity index (χ3n) is 3.04. The Labute approximate surface area is 128 Å². The average molecular weight is 305 g/mol. The maximum absolute atomic E-state index is 6.25. The third-order valence-corrected chi connectivity index (χ3v) is 3.59. The Balaban J connectivity index is 2.64. The van der Waals surface area contributed by atoms with Gasteiger partial charge >= 0.3 is 0 Å². The topological polar surface area (TPSA) is 38.4 Å². The molecule has 0 atom stereocenters. The summed E-state index contributed by atoms with van der Waals surface area (Å²) < 4.78 is 0. The van der Waals surface area contributed by atoms with Crippen LogP contribution in [0.15, 0.2) is 54.0 Å². The van der Waals surface area contributed by atoms with Gasteiger partial charge in [-0.25, -0.2) is 0 Å². The lowest BCUT2D eigenvalue weighted by Gasteiger charge is -2.12. The normalized spacial score (nSPS) is 11.4. The standard InChI is InChI=1S/C16H14Cl2N2/c1-3-15(20-2)13-6-4-5-12(16(13)19)11-8-7-10(17)9-14(11)18/h3-9H,1,19H2,2H3. The summed E-state index contributed by atoms with van der Waals surface area (Å²) in [4.78, 5) is 4.17. The van der Waals surface area contributed by atoms with Crippen molar-refractivity contribution in [3.8, 4) is 11.1 Å². The Morgan fingerprint density at radius 2 is 1.95 bits per heavy atom. The molecule has 0 unspecified atom stereocenters. The maximum Gasteiger partial charge on any atom is 0.0658 e. The van der Waals surface area contributed by atoms with E-state index in [0.717, 1.165) is 22.4 Å². The number of nitrogen functional groups attached to an aromatic ring is 1. The van der Waals surface area contributed by atoms with Crippen LogP contribution in [0.4, 0.5) is 5.69 Å². The molecule has 2 nitrogen and oxygen atoms in total. The number of nitrogens with zero attached hydrogens (tertiary/aromatic N) is 1. The van der Waals surface area contributed by atoms with Gasteiger partial charge < -0.3 is 5.73 Å². The molecule has 20 heavy (non-hydrogen) atoms. The van der Waals surface area contributed by atoms with E-state index in [2.05, 4.69) is 11.6 Å². The number of benzene rings is 2. The molecule has 0 fully saturated rings. The third kappa shape index (κ3) is 2.72. The molecule has 0 bridgehead atoms. The van der Waals surface area contributed by atoms with E-state index in [1.165, 1.54) is 0 Å². The molecule has 0 saturated heterocycles. The van der Waals surface area contributed by atoms with Crippen LogP contribution in [-0.4, -0.2) is 12.8 Å². The molecule has 4 heteroatoms. The highest BCUT2D eigenvalue weighted by Crippen LogP contribution is 2.35. The van der Waals surface area contributed by atoms with E-state index in [1.54, 1.807) is 25.3 Å². The van der Waals surface area contributed by atoms with Crippen molar-refractivity contribution in [1.29, 1.82) is 0 Å². The number of aliphatic imine (C=N–C) groups is 1. The van der Waals surface area contributed by atoms with E-state index in [9.17, 15) is 0 Å². The summed E-state index contributed by atoms with van der Waals surface area (Å²) >= 11 is 12.2. The summed E-state index contributed by atoms with van der Waals surface area (Å²) in [5, 5.41) is 1.16.